The van der Waals surface area contributed by atoms with Gasteiger partial charge in [-0.15, -0.1) is 11.3 Å². The molecule has 0 saturated heterocycles. The number of amides is 1. The van der Waals surface area contributed by atoms with Gasteiger partial charge in [0.25, 0.3) is 5.91 Å². The van der Waals surface area contributed by atoms with Gasteiger partial charge in [-0.05, 0) is 48.9 Å². The third-order valence-electron chi connectivity index (χ3n) is 4.34. The second-order valence-corrected chi connectivity index (χ2v) is 7.21. The summed E-state index contributed by atoms with van der Waals surface area (Å²) in [5.41, 5.74) is 3.07. The van der Waals surface area contributed by atoms with Crippen LogP contribution in [-0.4, -0.2) is 35.5 Å². The first-order valence-electron chi connectivity index (χ1n) is 8.33. The number of carbonyl (C=O) groups is 2. The topological polar surface area (TPSA) is 66.8 Å². The van der Waals surface area contributed by atoms with Crippen molar-refractivity contribution < 1.29 is 19.4 Å². The van der Waals surface area contributed by atoms with E-state index < -0.39 is 5.97 Å². The first kappa shape index (κ1) is 17.5. The number of aliphatic carboxylic acids is 1. The number of rotatable bonds is 6. The normalized spacial score (nSPS) is 13.2. The predicted octanol–water partition coefficient (Wildman–Crippen LogP) is 3.36. The summed E-state index contributed by atoms with van der Waals surface area (Å²) in [6, 6.07) is 7.15. The minimum atomic E-state index is -1.01. The molecule has 3 rings (SSSR count). The van der Waals surface area contributed by atoms with Gasteiger partial charge < -0.3 is 14.7 Å². The number of carboxylic acid groups (broad SMARTS) is 1. The molecule has 0 unspecified atom stereocenters. The summed E-state index contributed by atoms with van der Waals surface area (Å²) in [6.45, 7) is 0.143. The van der Waals surface area contributed by atoms with Gasteiger partial charge in [0, 0.05) is 23.8 Å². The van der Waals surface area contributed by atoms with E-state index in [1.54, 1.807) is 28.4 Å². The molecule has 1 N–H and O–H groups in total. The summed E-state index contributed by atoms with van der Waals surface area (Å²) in [5, 5.41) is 10.6. The van der Waals surface area contributed by atoms with Crippen LogP contribution in [0.15, 0.2) is 29.6 Å². The third-order valence-corrected chi connectivity index (χ3v) is 5.43. The summed E-state index contributed by atoms with van der Waals surface area (Å²) in [4.78, 5) is 26.4. The van der Waals surface area contributed by atoms with Crippen LogP contribution < -0.4 is 4.74 Å². The van der Waals surface area contributed by atoms with Crippen molar-refractivity contribution in [3.05, 3.63) is 51.2 Å². The Morgan fingerprint density at radius 1 is 1.20 bits per heavy atom. The van der Waals surface area contributed by atoms with Crippen LogP contribution in [0.3, 0.4) is 0 Å². The van der Waals surface area contributed by atoms with Gasteiger partial charge in [-0.3, -0.25) is 4.79 Å². The SMILES string of the molecule is CN(Cc1ccc(OCC(=O)O)cc1)C(=O)c1csc2c1CCCC2. The Morgan fingerprint density at radius 3 is 2.64 bits per heavy atom. The number of aryl methyl sites for hydroxylation is 1. The molecule has 0 spiro atoms. The number of nitrogens with zero attached hydrogens (tertiary/aromatic N) is 1. The molecule has 1 aromatic carbocycles. The van der Waals surface area contributed by atoms with E-state index in [0.29, 0.717) is 12.3 Å². The zero-order valence-electron chi connectivity index (χ0n) is 14.2. The third kappa shape index (κ3) is 4.20. The molecule has 0 atom stereocenters. The number of benzene rings is 1. The van der Waals surface area contributed by atoms with Gasteiger partial charge in [0.15, 0.2) is 6.61 Å². The Hall–Kier alpha value is -2.34. The minimum Gasteiger partial charge on any atom is -0.482 e. The maximum absolute atomic E-state index is 12.8. The highest BCUT2D eigenvalue weighted by molar-refractivity contribution is 7.10. The van der Waals surface area contributed by atoms with Crippen molar-refractivity contribution in [2.45, 2.75) is 32.2 Å². The average molecular weight is 359 g/mol. The number of carboxylic acids is 1. The Morgan fingerprint density at radius 2 is 1.92 bits per heavy atom. The molecule has 132 valence electrons. The van der Waals surface area contributed by atoms with E-state index in [2.05, 4.69) is 0 Å². The number of fused-ring (bicyclic) bond motifs is 1. The lowest BCUT2D eigenvalue weighted by molar-refractivity contribution is -0.139. The molecule has 0 fully saturated rings. The lowest BCUT2D eigenvalue weighted by atomic mass is 9.95. The second-order valence-electron chi connectivity index (χ2n) is 6.25. The molecule has 1 heterocycles. The molecule has 2 aromatic rings. The van der Waals surface area contributed by atoms with Crippen LogP contribution in [0.4, 0.5) is 0 Å². The smallest absolute Gasteiger partial charge is 0.341 e. The molecule has 1 aromatic heterocycles. The molecule has 0 saturated carbocycles. The summed E-state index contributed by atoms with van der Waals surface area (Å²) < 4.78 is 5.12. The van der Waals surface area contributed by atoms with E-state index in [1.165, 1.54) is 16.9 Å². The van der Waals surface area contributed by atoms with E-state index in [-0.39, 0.29) is 12.5 Å². The van der Waals surface area contributed by atoms with Gasteiger partial charge in [-0.25, -0.2) is 4.79 Å². The van der Waals surface area contributed by atoms with Crippen molar-refractivity contribution in [1.82, 2.24) is 4.90 Å². The molecular weight excluding hydrogens is 338 g/mol. The van der Waals surface area contributed by atoms with Crippen molar-refractivity contribution in [2.24, 2.45) is 0 Å². The maximum Gasteiger partial charge on any atom is 0.341 e. The fraction of sp³-hybridized carbons (Fsp3) is 0.368. The van der Waals surface area contributed by atoms with Gasteiger partial charge in [-0.2, -0.15) is 0 Å². The van der Waals surface area contributed by atoms with E-state index in [9.17, 15) is 9.59 Å². The fourth-order valence-corrected chi connectivity index (χ4v) is 4.18. The summed E-state index contributed by atoms with van der Waals surface area (Å²) in [6.07, 6.45) is 4.47. The van der Waals surface area contributed by atoms with Crippen LogP contribution in [0, 0.1) is 0 Å². The maximum atomic E-state index is 12.8. The van der Waals surface area contributed by atoms with Crippen molar-refractivity contribution in [3.8, 4) is 5.75 Å². The Bertz CT molecular complexity index is 766. The molecule has 6 heteroatoms. The largest absolute Gasteiger partial charge is 0.482 e. The van der Waals surface area contributed by atoms with Gasteiger partial charge in [0.2, 0.25) is 0 Å². The van der Waals surface area contributed by atoms with Crippen LogP contribution in [0.5, 0.6) is 5.75 Å². The monoisotopic (exact) mass is 359 g/mol. The molecule has 1 aliphatic rings. The molecule has 5 nitrogen and oxygen atoms in total. The van der Waals surface area contributed by atoms with Crippen LogP contribution in [0.25, 0.3) is 0 Å². The number of thiophene rings is 1. The summed E-state index contributed by atoms with van der Waals surface area (Å²) in [5.74, 6) is -0.439. The number of ether oxygens (including phenoxy) is 1. The molecule has 0 aliphatic heterocycles. The molecule has 0 radical (unpaired) electrons. The standard InChI is InChI=1S/C19H21NO4S/c1-20(10-13-6-8-14(9-7-13)24-11-18(21)22)19(23)16-12-25-17-5-3-2-4-15(16)17/h6-9,12H,2-5,10-11H2,1H3,(H,21,22). The van der Waals surface area contributed by atoms with Crippen LogP contribution in [-0.2, 0) is 24.2 Å². The fourth-order valence-electron chi connectivity index (χ4n) is 3.06. The first-order chi connectivity index (χ1) is 12.0. The highest BCUT2D eigenvalue weighted by atomic mass is 32.1. The highest BCUT2D eigenvalue weighted by Crippen LogP contribution is 2.31. The molecule has 0 bridgehead atoms. The highest BCUT2D eigenvalue weighted by Gasteiger charge is 2.22. The quantitative estimate of drug-likeness (QED) is 0.859. The van der Waals surface area contributed by atoms with E-state index >= 15 is 0 Å². The minimum absolute atomic E-state index is 0.0607. The molecule has 1 amide bonds. The van der Waals surface area contributed by atoms with E-state index in [1.807, 2.05) is 24.6 Å². The van der Waals surface area contributed by atoms with Crippen molar-refractivity contribution >= 4 is 23.2 Å². The Kier molecular flexibility index (Phi) is 5.38. The van der Waals surface area contributed by atoms with Gasteiger partial charge >= 0.3 is 5.97 Å². The lowest BCUT2D eigenvalue weighted by Crippen LogP contribution is -2.27. The summed E-state index contributed by atoms with van der Waals surface area (Å²) >= 11 is 1.70. The lowest BCUT2D eigenvalue weighted by Gasteiger charge is -2.19. The Labute approximate surface area is 150 Å². The van der Waals surface area contributed by atoms with Gasteiger partial charge in [0.05, 0.1) is 5.56 Å². The van der Waals surface area contributed by atoms with Gasteiger partial charge in [-0.1, -0.05) is 12.1 Å². The molecular formula is C19H21NO4S. The van der Waals surface area contributed by atoms with Crippen molar-refractivity contribution in [2.75, 3.05) is 13.7 Å². The number of hydrogen-bond acceptors (Lipinski definition) is 4. The Balaban J connectivity index is 1.63. The number of hydrogen-bond donors (Lipinski definition) is 1. The average Bonchev–Trinajstić information content (AvgIpc) is 3.04. The van der Waals surface area contributed by atoms with Crippen LogP contribution >= 0.6 is 11.3 Å². The van der Waals surface area contributed by atoms with E-state index in [4.69, 9.17) is 9.84 Å². The first-order valence-corrected chi connectivity index (χ1v) is 9.21. The van der Waals surface area contributed by atoms with Crippen molar-refractivity contribution in [1.29, 1.82) is 0 Å². The van der Waals surface area contributed by atoms with Crippen LogP contribution in [0.2, 0.25) is 0 Å². The summed E-state index contributed by atoms with van der Waals surface area (Å²) in [7, 11) is 1.81. The molecule has 25 heavy (non-hydrogen) atoms. The predicted molar refractivity (Wildman–Crippen MR) is 96.3 cm³/mol. The molecule has 1 aliphatic carbocycles. The zero-order chi connectivity index (χ0) is 17.8. The second kappa shape index (κ2) is 7.70. The van der Waals surface area contributed by atoms with Crippen molar-refractivity contribution in [3.63, 3.8) is 0 Å². The number of carbonyl (C=O) groups excluding carboxylic acids is 1. The zero-order valence-corrected chi connectivity index (χ0v) is 15.0. The van der Waals surface area contributed by atoms with E-state index in [0.717, 1.165) is 30.4 Å². The van der Waals surface area contributed by atoms with Gasteiger partial charge in [0.1, 0.15) is 5.75 Å². The van der Waals surface area contributed by atoms with Crippen LogP contribution in [0.1, 0.15) is 39.2 Å².